The van der Waals surface area contributed by atoms with Crippen molar-refractivity contribution < 1.29 is 0 Å². The Morgan fingerprint density at radius 1 is 1.20 bits per heavy atom. The van der Waals surface area contributed by atoms with Gasteiger partial charge >= 0.3 is 0 Å². The van der Waals surface area contributed by atoms with E-state index in [0.29, 0.717) is 0 Å². The number of fused-ring (bicyclic) bond motifs is 1. The fourth-order valence-corrected chi connectivity index (χ4v) is 2.48. The Morgan fingerprint density at radius 3 is 2.93 bits per heavy atom. The van der Waals surface area contributed by atoms with Gasteiger partial charge in [-0.15, -0.1) is 11.8 Å². The molecule has 78 valence electrons. The van der Waals surface area contributed by atoms with Gasteiger partial charge in [-0.25, -0.2) is 0 Å². The number of thioether (sulfide) groups is 1. The molecule has 0 saturated carbocycles. The van der Waals surface area contributed by atoms with Gasteiger partial charge in [0, 0.05) is 16.5 Å². The first kappa shape index (κ1) is 10.5. The van der Waals surface area contributed by atoms with Crippen molar-refractivity contribution in [1.29, 1.82) is 0 Å². The van der Waals surface area contributed by atoms with Crippen molar-refractivity contribution in [2.75, 3.05) is 12.3 Å². The highest BCUT2D eigenvalue weighted by molar-refractivity contribution is 7.99. The molecule has 2 rings (SSSR count). The summed E-state index contributed by atoms with van der Waals surface area (Å²) in [6.45, 7) is 0.760. The van der Waals surface area contributed by atoms with E-state index in [0.717, 1.165) is 24.2 Å². The van der Waals surface area contributed by atoms with Gasteiger partial charge in [0.1, 0.15) is 0 Å². The normalized spacial score (nSPS) is 10.7. The highest BCUT2D eigenvalue weighted by Crippen LogP contribution is 2.26. The van der Waals surface area contributed by atoms with E-state index in [2.05, 4.69) is 23.2 Å². The maximum Gasteiger partial charge on any atom is 0.0713 e. The fraction of sp³-hybridized carbons (Fsp3) is 0.250. The van der Waals surface area contributed by atoms with Crippen LogP contribution in [0.25, 0.3) is 10.9 Å². The van der Waals surface area contributed by atoms with E-state index in [-0.39, 0.29) is 0 Å². The van der Waals surface area contributed by atoms with Crippen molar-refractivity contribution in [2.45, 2.75) is 11.3 Å². The number of nitrogens with zero attached hydrogens (tertiary/aromatic N) is 1. The summed E-state index contributed by atoms with van der Waals surface area (Å²) < 4.78 is 0. The lowest BCUT2D eigenvalue weighted by Gasteiger charge is -2.04. The number of hydrogen-bond acceptors (Lipinski definition) is 3. The second-order valence-corrected chi connectivity index (χ2v) is 4.45. The quantitative estimate of drug-likeness (QED) is 0.633. The van der Waals surface area contributed by atoms with Crippen molar-refractivity contribution >= 4 is 22.7 Å². The molecule has 15 heavy (non-hydrogen) atoms. The average molecular weight is 218 g/mol. The summed E-state index contributed by atoms with van der Waals surface area (Å²) >= 11 is 1.85. The molecule has 0 amide bonds. The van der Waals surface area contributed by atoms with Crippen molar-refractivity contribution in [3.63, 3.8) is 0 Å². The van der Waals surface area contributed by atoms with E-state index in [9.17, 15) is 0 Å². The molecule has 1 heterocycles. The summed E-state index contributed by atoms with van der Waals surface area (Å²) in [6, 6.07) is 10.3. The minimum absolute atomic E-state index is 0.760. The summed E-state index contributed by atoms with van der Waals surface area (Å²) in [5.74, 6) is 1.07. The predicted molar refractivity (Wildman–Crippen MR) is 66.1 cm³/mol. The minimum Gasteiger partial charge on any atom is -0.330 e. The molecule has 2 nitrogen and oxygen atoms in total. The smallest absolute Gasteiger partial charge is 0.0713 e. The molecule has 0 atom stereocenters. The summed E-state index contributed by atoms with van der Waals surface area (Å²) in [5.41, 5.74) is 6.54. The first-order valence-electron chi connectivity index (χ1n) is 5.08. The Hall–Kier alpha value is -1.06. The van der Waals surface area contributed by atoms with Crippen LogP contribution in [-0.2, 0) is 0 Å². The van der Waals surface area contributed by atoms with Crippen LogP contribution in [0.3, 0.4) is 0 Å². The number of benzene rings is 1. The molecular formula is C12H14N2S. The minimum atomic E-state index is 0.760. The van der Waals surface area contributed by atoms with Crippen LogP contribution in [-0.4, -0.2) is 17.3 Å². The fourth-order valence-electron chi connectivity index (χ4n) is 1.46. The first-order valence-corrected chi connectivity index (χ1v) is 6.07. The van der Waals surface area contributed by atoms with Crippen molar-refractivity contribution in [3.05, 3.63) is 36.5 Å². The monoisotopic (exact) mass is 218 g/mol. The lowest BCUT2D eigenvalue weighted by molar-refractivity contribution is 0.943. The van der Waals surface area contributed by atoms with Crippen LogP contribution >= 0.6 is 11.8 Å². The van der Waals surface area contributed by atoms with Crippen molar-refractivity contribution in [3.8, 4) is 0 Å². The summed E-state index contributed by atoms with van der Waals surface area (Å²) in [6.07, 6.45) is 2.93. The van der Waals surface area contributed by atoms with Crippen LogP contribution in [0.1, 0.15) is 6.42 Å². The van der Waals surface area contributed by atoms with Gasteiger partial charge in [0.2, 0.25) is 0 Å². The van der Waals surface area contributed by atoms with E-state index >= 15 is 0 Å². The van der Waals surface area contributed by atoms with E-state index in [1.165, 1.54) is 10.3 Å². The second kappa shape index (κ2) is 5.14. The Balaban J connectivity index is 2.26. The molecule has 1 aromatic carbocycles. The Kier molecular flexibility index (Phi) is 3.59. The average Bonchev–Trinajstić information content (AvgIpc) is 2.30. The van der Waals surface area contributed by atoms with Gasteiger partial charge in [0.05, 0.1) is 5.52 Å². The zero-order valence-corrected chi connectivity index (χ0v) is 9.33. The van der Waals surface area contributed by atoms with Gasteiger partial charge in [-0.2, -0.15) is 0 Å². The lowest BCUT2D eigenvalue weighted by Crippen LogP contribution is -1.99. The van der Waals surface area contributed by atoms with E-state index < -0.39 is 0 Å². The Bertz CT molecular complexity index is 437. The third-order valence-corrected chi connectivity index (χ3v) is 3.37. The largest absolute Gasteiger partial charge is 0.330 e. The van der Waals surface area contributed by atoms with Crippen LogP contribution in [0.15, 0.2) is 41.4 Å². The van der Waals surface area contributed by atoms with Gasteiger partial charge in [0.15, 0.2) is 0 Å². The summed E-state index contributed by atoms with van der Waals surface area (Å²) in [4.78, 5) is 5.63. The maximum absolute atomic E-state index is 5.48. The van der Waals surface area contributed by atoms with Crippen LogP contribution < -0.4 is 5.73 Å². The number of para-hydroxylation sites is 1. The van der Waals surface area contributed by atoms with Gasteiger partial charge in [-0.05, 0) is 30.9 Å². The summed E-state index contributed by atoms with van der Waals surface area (Å²) in [7, 11) is 0. The molecule has 0 radical (unpaired) electrons. The van der Waals surface area contributed by atoms with Gasteiger partial charge in [0.25, 0.3) is 0 Å². The molecule has 0 aliphatic heterocycles. The van der Waals surface area contributed by atoms with Crippen LogP contribution in [0.2, 0.25) is 0 Å². The number of pyridine rings is 1. The standard InChI is InChI=1S/C12H14N2S/c13-7-3-9-15-12-6-8-14-11-5-2-1-4-10(11)12/h1-2,4-6,8H,3,7,9,13H2. The number of aromatic nitrogens is 1. The maximum atomic E-state index is 5.48. The molecule has 0 unspecified atom stereocenters. The van der Waals surface area contributed by atoms with Crippen LogP contribution in [0, 0.1) is 0 Å². The number of rotatable bonds is 4. The van der Waals surface area contributed by atoms with E-state index in [1.54, 1.807) is 0 Å². The molecule has 0 bridgehead atoms. The first-order chi connectivity index (χ1) is 7.42. The highest BCUT2D eigenvalue weighted by atomic mass is 32.2. The van der Waals surface area contributed by atoms with Crippen LogP contribution in [0.5, 0.6) is 0 Å². The van der Waals surface area contributed by atoms with Crippen LogP contribution in [0.4, 0.5) is 0 Å². The third kappa shape index (κ3) is 2.49. The summed E-state index contributed by atoms with van der Waals surface area (Å²) in [5, 5.41) is 1.24. The third-order valence-electron chi connectivity index (χ3n) is 2.22. The molecule has 0 saturated heterocycles. The topological polar surface area (TPSA) is 38.9 Å². The molecule has 2 aromatic rings. The molecule has 0 spiro atoms. The lowest BCUT2D eigenvalue weighted by atomic mass is 10.2. The molecule has 0 fully saturated rings. The van der Waals surface area contributed by atoms with E-state index in [4.69, 9.17) is 5.73 Å². The highest BCUT2D eigenvalue weighted by Gasteiger charge is 2.00. The van der Waals surface area contributed by atoms with Gasteiger partial charge in [-0.1, -0.05) is 18.2 Å². The van der Waals surface area contributed by atoms with E-state index in [1.807, 2.05) is 30.1 Å². The zero-order chi connectivity index (χ0) is 10.5. The van der Waals surface area contributed by atoms with Crippen molar-refractivity contribution in [2.24, 2.45) is 5.73 Å². The molecule has 3 heteroatoms. The second-order valence-electron chi connectivity index (χ2n) is 3.32. The molecular weight excluding hydrogens is 204 g/mol. The molecule has 2 N–H and O–H groups in total. The van der Waals surface area contributed by atoms with Crippen molar-refractivity contribution in [1.82, 2.24) is 4.98 Å². The Morgan fingerprint density at radius 2 is 2.07 bits per heavy atom. The Labute approximate surface area is 93.9 Å². The predicted octanol–water partition coefficient (Wildman–Crippen LogP) is 2.68. The van der Waals surface area contributed by atoms with Gasteiger partial charge in [-0.3, -0.25) is 4.98 Å². The molecule has 0 aliphatic rings. The number of hydrogen-bond donors (Lipinski definition) is 1. The SMILES string of the molecule is NCCCSc1ccnc2ccccc12. The zero-order valence-electron chi connectivity index (χ0n) is 8.52. The molecule has 0 aliphatic carbocycles. The number of nitrogens with two attached hydrogens (primary N) is 1. The molecule has 1 aromatic heterocycles. The van der Waals surface area contributed by atoms with Gasteiger partial charge < -0.3 is 5.73 Å².